The van der Waals surface area contributed by atoms with Crippen molar-refractivity contribution in [3.8, 4) is 17.0 Å². The van der Waals surface area contributed by atoms with Crippen molar-refractivity contribution in [2.24, 2.45) is 7.05 Å². The molecule has 2 heterocycles. The van der Waals surface area contributed by atoms with Gasteiger partial charge in [-0.2, -0.15) is 0 Å². The van der Waals surface area contributed by atoms with Crippen LogP contribution in [0.2, 0.25) is 0 Å². The topological polar surface area (TPSA) is 13.1 Å². The zero-order chi connectivity index (χ0) is 12.5. The molecule has 1 aromatic carbocycles. The minimum Gasteiger partial charge on any atom is -0.492 e. The van der Waals surface area contributed by atoms with Crippen LogP contribution < -0.4 is 9.30 Å². The zero-order valence-corrected chi connectivity index (χ0v) is 10.9. The van der Waals surface area contributed by atoms with Gasteiger partial charge in [-0.25, -0.2) is 4.57 Å². The maximum Gasteiger partial charge on any atom is 0.216 e. The molecule has 2 heteroatoms. The Labute approximate surface area is 108 Å². The molecule has 1 aliphatic heterocycles. The summed E-state index contributed by atoms with van der Waals surface area (Å²) in [5.41, 5.74) is 5.08. The van der Waals surface area contributed by atoms with Gasteiger partial charge in [-0.3, -0.25) is 0 Å². The van der Waals surface area contributed by atoms with Crippen LogP contribution in [0.5, 0.6) is 5.75 Å². The van der Waals surface area contributed by atoms with Crippen LogP contribution in [-0.4, -0.2) is 6.61 Å². The van der Waals surface area contributed by atoms with Crippen molar-refractivity contribution in [1.82, 2.24) is 0 Å². The molecule has 0 atom stereocenters. The molecule has 92 valence electrons. The minimum absolute atomic E-state index is 0.833. The van der Waals surface area contributed by atoms with E-state index in [1.807, 2.05) is 0 Å². The Bertz CT molecular complexity index is 590. The molecule has 0 saturated carbocycles. The van der Waals surface area contributed by atoms with Gasteiger partial charge < -0.3 is 4.74 Å². The van der Waals surface area contributed by atoms with E-state index in [0.29, 0.717) is 0 Å². The van der Waals surface area contributed by atoms with Crippen molar-refractivity contribution < 1.29 is 9.30 Å². The predicted octanol–water partition coefficient (Wildman–Crippen LogP) is 2.81. The normalized spacial score (nSPS) is 13.9. The average molecular weight is 240 g/mol. The highest BCUT2D eigenvalue weighted by atomic mass is 16.5. The van der Waals surface area contributed by atoms with Gasteiger partial charge in [0.15, 0.2) is 6.20 Å². The molecular weight excluding hydrogens is 222 g/mol. The fraction of sp³-hybridized carbons (Fsp3) is 0.312. The number of fused-ring (bicyclic) bond motifs is 1. The molecule has 2 aromatic rings. The van der Waals surface area contributed by atoms with Gasteiger partial charge in [-0.05, 0) is 37.0 Å². The van der Waals surface area contributed by atoms with Crippen LogP contribution >= 0.6 is 0 Å². The first-order chi connectivity index (χ1) is 8.77. The fourth-order valence-corrected chi connectivity index (χ4v) is 2.62. The maximum atomic E-state index is 5.93. The smallest absolute Gasteiger partial charge is 0.216 e. The molecule has 2 nitrogen and oxygen atoms in total. The first-order valence-electron chi connectivity index (χ1n) is 6.47. The third-order valence-corrected chi connectivity index (χ3v) is 3.60. The average Bonchev–Trinajstić information content (AvgIpc) is 2.40. The number of aryl methyl sites for hydroxylation is 3. The number of ether oxygens (including phenoxy) is 1. The molecule has 3 rings (SSSR count). The van der Waals surface area contributed by atoms with Crippen LogP contribution in [-0.2, 0) is 13.5 Å². The number of hydrogen-bond acceptors (Lipinski definition) is 1. The fourth-order valence-electron chi connectivity index (χ4n) is 2.62. The molecule has 0 spiro atoms. The summed E-state index contributed by atoms with van der Waals surface area (Å²) in [5.74, 6) is 1.09. The van der Waals surface area contributed by atoms with Gasteiger partial charge in [0.1, 0.15) is 12.8 Å². The highest BCUT2D eigenvalue weighted by Gasteiger charge is 2.22. The summed E-state index contributed by atoms with van der Waals surface area (Å²) in [7, 11) is 2.08. The van der Waals surface area contributed by atoms with E-state index >= 15 is 0 Å². The Morgan fingerprint density at radius 1 is 1.17 bits per heavy atom. The quantitative estimate of drug-likeness (QED) is 0.699. The Balaban J connectivity index is 2.25. The molecule has 0 saturated heterocycles. The lowest BCUT2D eigenvalue weighted by Gasteiger charge is -2.20. The van der Waals surface area contributed by atoms with Gasteiger partial charge in [0, 0.05) is 12.1 Å². The summed E-state index contributed by atoms with van der Waals surface area (Å²) in [5, 5.41) is 0. The van der Waals surface area contributed by atoms with Gasteiger partial charge in [-0.15, -0.1) is 0 Å². The van der Waals surface area contributed by atoms with Crippen LogP contribution in [0.25, 0.3) is 11.3 Å². The SMILES string of the molecule is Cc1ccc2c(c1-c1cccc[n+]1C)OCCC2. The van der Waals surface area contributed by atoms with Crippen molar-refractivity contribution in [3.63, 3.8) is 0 Å². The van der Waals surface area contributed by atoms with E-state index in [4.69, 9.17) is 4.74 Å². The molecule has 0 amide bonds. The van der Waals surface area contributed by atoms with Gasteiger partial charge in [-0.1, -0.05) is 12.1 Å². The van der Waals surface area contributed by atoms with Crippen molar-refractivity contribution in [2.45, 2.75) is 19.8 Å². The van der Waals surface area contributed by atoms with Crippen molar-refractivity contribution in [1.29, 1.82) is 0 Å². The second-order valence-corrected chi connectivity index (χ2v) is 4.89. The van der Waals surface area contributed by atoms with Crippen molar-refractivity contribution in [2.75, 3.05) is 6.61 Å². The first kappa shape index (κ1) is 11.3. The van der Waals surface area contributed by atoms with Crippen LogP contribution in [0.15, 0.2) is 36.5 Å². The summed E-state index contributed by atoms with van der Waals surface area (Å²) in [6.07, 6.45) is 4.33. The number of nitrogens with zero attached hydrogens (tertiary/aromatic N) is 1. The summed E-state index contributed by atoms with van der Waals surface area (Å²) < 4.78 is 8.08. The lowest BCUT2D eigenvalue weighted by molar-refractivity contribution is -0.660. The molecule has 0 N–H and O–H groups in total. The number of hydrogen-bond donors (Lipinski definition) is 0. The van der Waals surface area contributed by atoms with Crippen LogP contribution in [0.1, 0.15) is 17.5 Å². The third kappa shape index (κ3) is 1.78. The van der Waals surface area contributed by atoms with E-state index < -0.39 is 0 Å². The van der Waals surface area contributed by atoms with E-state index in [1.54, 1.807) is 0 Å². The standard InChI is InChI=1S/C16H18NO/c1-12-8-9-13-6-5-11-18-16(13)15(12)14-7-3-4-10-17(14)2/h3-4,7-10H,5-6,11H2,1-2H3/q+1. The number of benzene rings is 1. The van der Waals surface area contributed by atoms with Gasteiger partial charge in [0.05, 0.1) is 12.2 Å². The van der Waals surface area contributed by atoms with Crippen LogP contribution in [0.4, 0.5) is 0 Å². The molecule has 0 unspecified atom stereocenters. The van der Waals surface area contributed by atoms with Gasteiger partial charge in [0.25, 0.3) is 0 Å². The molecule has 0 aliphatic carbocycles. The summed E-state index contributed by atoms with van der Waals surface area (Å²) >= 11 is 0. The zero-order valence-electron chi connectivity index (χ0n) is 10.9. The van der Waals surface area contributed by atoms with E-state index in [2.05, 4.69) is 55.1 Å². The van der Waals surface area contributed by atoms with Crippen molar-refractivity contribution in [3.05, 3.63) is 47.7 Å². The predicted molar refractivity (Wildman–Crippen MR) is 71.6 cm³/mol. The minimum atomic E-state index is 0.833. The Morgan fingerprint density at radius 2 is 2.06 bits per heavy atom. The second-order valence-electron chi connectivity index (χ2n) is 4.89. The monoisotopic (exact) mass is 240 g/mol. The molecule has 1 aromatic heterocycles. The number of pyridine rings is 1. The third-order valence-electron chi connectivity index (χ3n) is 3.60. The molecule has 0 bridgehead atoms. The summed E-state index contributed by atoms with van der Waals surface area (Å²) in [6, 6.07) is 10.7. The molecule has 18 heavy (non-hydrogen) atoms. The van der Waals surface area contributed by atoms with E-state index in [9.17, 15) is 0 Å². The number of aromatic nitrogens is 1. The molecule has 1 aliphatic rings. The highest BCUT2D eigenvalue weighted by Crippen LogP contribution is 2.37. The lowest BCUT2D eigenvalue weighted by atomic mass is 9.96. The van der Waals surface area contributed by atoms with E-state index in [1.165, 1.54) is 22.4 Å². The van der Waals surface area contributed by atoms with Crippen LogP contribution in [0, 0.1) is 6.92 Å². The maximum absolute atomic E-state index is 5.93. The largest absolute Gasteiger partial charge is 0.492 e. The van der Waals surface area contributed by atoms with Crippen molar-refractivity contribution >= 4 is 0 Å². The number of rotatable bonds is 1. The van der Waals surface area contributed by atoms with Gasteiger partial charge in [0.2, 0.25) is 5.69 Å². The second kappa shape index (κ2) is 4.45. The molecular formula is C16H18NO+. The lowest BCUT2D eigenvalue weighted by Crippen LogP contribution is -2.30. The van der Waals surface area contributed by atoms with Gasteiger partial charge >= 0.3 is 0 Å². The Hall–Kier alpha value is -1.83. The first-order valence-corrected chi connectivity index (χ1v) is 6.47. The molecule has 0 fully saturated rings. The Morgan fingerprint density at radius 3 is 2.89 bits per heavy atom. The summed E-state index contributed by atoms with van der Waals surface area (Å²) in [6.45, 7) is 2.99. The van der Waals surface area contributed by atoms with E-state index in [0.717, 1.165) is 25.2 Å². The highest BCUT2D eigenvalue weighted by molar-refractivity contribution is 5.71. The summed E-state index contributed by atoms with van der Waals surface area (Å²) in [4.78, 5) is 0. The van der Waals surface area contributed by atoms with Crippen LogP contribution in [0.3, 0.4) is 0 Å². The Kier molecular flexibility index (Phi) is 2.78. The molecule has 0 radical (unpaired) electrons. The van der Waals surface area contributed by atoms with E-state index in [-0.39, 0.29) is 0 Å².